The van der Waals surface area contributed by atoms with Crippen LogP contribution in [0.3, 0.4) is 0 Å². The molecule has 2 N–H and O–H groups in total. The van der Waals surface area contributed by atoms with Gasteiger partial charge in [-0.1, -0.05) is 12.1 Å². The van der Waals surface area contributed by atoms with Gasteiger partial charge in [0.15, 0.2) is 5.82 Å². The van der Waals surface area contributed by atoms with Gasteiger partial charge >= 0.3 is 0 Å². The molecular weight excluding hydrogens is 512 g/mol. The van der Waals surface area contributed by atoms with Crippen molar-refractivity contribution in [1.82, 2.24) is 14.9 Å². The third-order valence-corrected chi connectivity index (χ3v) is 9.29. The Bertz CT molecular complexity index is 1400. The van der Waals surface area contributed by atoms with Crippen molar-refractivity contribution < 1.29 is 4.74 Å². The number of piperidine rings is 1. The minimum absolute atomic E-state index is 0.539. The number of thiophene rings is 1. The summed E-state index contributed by atoms with van der Waals surface area (Å²) in [6.07, 6.45) is 7.26. The summed E-state index contributed by atoms with van der Waals surface area (Å²) >= 11 is 3.35. The summed E-state index contributed by atoms with van der Waals surface area (Å²) in [5.74, 6) is 2.13. The molecule has 9 heteroatoms. The molecule has 0 spiro atoms. The molecule has 38 heavy (non-hydrogen) atoms. The summed E-state index contributed by atoms with van der Waals surface area (Å²) in [7, 11) is 1.72. The molecule has 4 aromatic rings. The van der Waals surface area contributed by atoms with Crippen molar-refractivity contribution in [3.05, 3.63) is 53.9 Å². The van der Waals surface area contributed by atoms with E-state index in [9.17, 15) is 0 Å². The molecule has 2 aliphatic rings. The Kier molecular flexibility index (Phi) is 7.58. The van der Waals surface area contributed by atoms with Crippen molar-refractivity contribution >= 4 is 62.1 Å². The quantitative estimate of drug-likeness (QED) is 0.230. The van der Waals surface area contributed by atoms with E-state index in [1.165, 1.54) is 49.4 Å². The number of likely N-dealkylation sites (tertiary alicyclic amines) is 1. The molecule has 2 saturated heterocycles. The van der Waals surface area contributed by atoms with Crippen LogP contribution in [0.1, 0.15) is 25.7 Å². The zero-order chi connectivity index (χ0) is 25.9. The van der Waals surface area contributed by atoms with E-state index in [-0.39, 0.29) is 0 Å². The smallest absolute Gasteiger partial charge is 0.229 e. The van der Waals surface area contributed by atoms with Gasteiger partial charge < -0.3 is 25.2 Å². The fraction of sp³-hybridized carbons (Fsp3) is 0.379. The van der Waals surface area contributed by atoms with Crippen molar-refractivity contribution in [2.24, 2.45) is 0 Å². The van der Waals surface area contributed by atoms with Crippen LogP contribution in [0.25, 0.3) is 10.2 Å². The Morgan fingerprint density at radius 3 is 2.55 bits per heavy atom. The van der Waals surface area contributed by atoms with E-state index in [0.717, 1.165) is 52.3 Å². The molecule has 0 saturated carbocycles. The first kappa shape index (κ1) is 25.3. The monoisotopic (exact) mass is 546 g/mol. The maximum absolute atomic E-state index is 5.81. The average molecular weight is 547 g/mol. The zero-order valence-electron chi connectivity index (χ0n) is 21.9. The van der Waals surface area contributed by atoms with Crippen LogP contribution >= 0.6 is 23.1 Å². The van der Waals surface area contributed by atoms with Crippen molar-refractivity contribution in [1.29, 1.82) is 0 Å². The van der Waals surface area contributed by atoms with E-state index in [2.05, 4.69) is 68.5 Å². The number of hydrogen-bond acceptors (Lipinski definition) is 9. The van der Waals surface area contributed by atoms with Crippen LogP contribution < -0.4 is 20.3 Å². The van der Waals surface area contributed by atoms with Gasteiger partial charge in [-0.15, -0.1) is 23.1 Å². The van der Waals surface area contributed by atoms with Crippen molar-refractivity contribution in [2.75, 3.05) is 55.1 Å². The van der Waals surface area contributed by atoms with Crippen LogP contribution in [0.5, 0.6) is 5.75 Å². The average Bonchev–Trinajstić information content (AvgIpc) is 3.67. The topological polar surface area (TPSA) is 65.6 Å². The fourth-order valence-electron chi connectivity index (χ4n) is 5.58. The van der Waals surface area contributed by atoms with E-state index in [1.54, 1.807) is 30.2 Å². The first-order valence-electron chi connectivity index (χ1n) is 13.3. The van der Waals surface area contributed by atoms with Gasteiger partial charge in [-0.3, -0.25) is 0 Å². The van der Waals surface area contributed by atoms with Gasteiger partial charge in [-0.25, -0.2) is 4.98 Å². The summed E-state index contributed by atoms with van der Waals surface area (Å²) < 4.78 is 6.84. The highest BCUT2D eigenvalue weighted by atomic mass is 32.2. The van der Waals surface area contributed by atoms with E-state index < -0.39 is 0 Å². The predicted molar refractivity (Wildman–Crippen MR) is 161 cm³/mol. The lowest BCUT2D eigenvalue weighted by molar-refractivity contribution is 0.208. The van der Waals surface area contributed by atoms with Crippen LogP contribution in [0.2, 0.25) is 0 Å². The van der Waals surface area contributed by atoms with E-state index in [1.807, 2.05) is 12.1 Å². The molecular formula is C29H34N6OS2. The number of nitrogens with one attached hydrogen (secondary N) is 2. The summed E-state index contributed by atoms with van der Waals surface area (Å²) in [5, 5.41) is 9.01. The first-order chi connectivity index (χ1) is 18.7. The molecule has 0 bridgehead atoms. The highest BCUT2D eigenvalue weighted by molar-refractivity contribution is 7.98. The molecule has 0 amide bonds. The Morgan fingerprint density at radius 1 is 0.947 bits per heavy atom. The lowest BCUT2D eigenvalue weighted by Gasteiger charge is -2.38. The van der Waals surface area contributed by atoms with E-state index in [0.29, 0.717) is 5.95 Å². The number of ether oxygens (including phenoxy) is 1. The molecule has 0 aliphatic carbocycles. The number of thioether (sulfide) groups is 1. The molecule has 0 unspecified atom stereocenters. The van der Waals surface area contributed by atoms with Crippen LogP contribution in [-0.4, -0.2) is 60.5 Å². The molecule has 2 aliphatic heterocycles. The lowest BCUT2D eigenvalue weighted by atomic mass is 10.0. The number of anilines is 5. The van der Waals surface area contributed by atoms with Crippen molar-refractivity contribution in [2.45, 2.75) is 36.6 Å². The highest BCUT2D eigenvalue weighted by Gasteiger charge is 2.26. The predicted octanol–water partition coefficient (Wildman–Crippen LogP) is 6.97. The number of aromatic nitrogens is 2. The van der Waals surface area contributed by atoms with Crippen molar-refractivity contribution in [3.8, 4) is 5.75 Å². The van der Waals surface area contributed by atoms with Gasteiger partial charge in [0.2, 0.25) is 5.95 Å². The number of methoxy groups -OCH3 is 1. The number of para-hydroxylation sites is 1. The second-order valence-electron chi connectivity index (χ2n) is 9.83. The third-order valence-electron chi connectivity index (χ3n) is 7.58. The van der Waals surface area contributed by atoms with Crippen LogP contribution in [0, 0.1) is 0 Å². The largest absolute Gasteiger partial charge is 0.494 e. The molecule has 0 radical (unpaired) electrons. The number of benzene rings is 2. The third kappa shape index (κ3) is 5.28. The molecule has 198 valence electrons. The Labute approximate surface area is 232 Å². The summed E-state index contributed by atoms with van der Waals surface area (Å²) in [6, 6.07) is 17.4. The summed E-state index contributed by atoms with van der Waals surface area (Å²) in [5.41, 5.74) is 4.01. The fourth-order valence-corrected chi connectivity index (χ4v) is 6.91. The van der Waals surface area contributed by atoms with Gasteiger partial charge in [0.1, 0.15) is 5.75 Å². The Hall–Kier alpha value is -3.01. The van der Waals surface area contributed by atoms with E-state index in [4.69, 9.17) is 14.7 Å². The van der Waals surface area contributed by atoms with Crippen LogP contribution in [-0.2, 0) is 0 Å². The maximum atomic E-state index is 5.81. The molecule has 6 rings (SSSR count). The number of nitrogens with zero attached hydrogens (tertiary/aromatic N) is 4. The van der Waals surface area contributed by atoms with Gasteiger partial charge in [0.05, 0.1) is 28.7 Å². The van der Waals surface area contributed by atoms with Crippen LogP contribution in [0.15, 0.2) is 58.8 Å². The summed E-state index contributed by atoms with van der Waals surface area (Å²) in [4.78, 5) is 16.0. The lowest BCUT2D eigenvalue weighted by Crippen LogP contribution is -2.43. The van der Waals surface area contributed by atoms with E-state index >= 15 is 0 Å². The minimum atomic E-state index is 0.539. The highest BCUT2D eigenvalue weighted by Crippen LogP contribution is 2.36. The molecule has 2 aromatic heterocycles. The Balaban J connectivity index is 1.21. The second-order valence-corrected chi connectivity index (χ2v) is 11.6. The van der Waals surface area contributed by atoms with Gasteiger partial charge in [-0.2, -0.15) is 4.98 Å². The zero-order valence-corrected chi connectivity index (χ0v) is 23.6. The molecule has 2 fully saturated rings. The molecule has 7 nitrogen and oxygen atoms in total. The van der Waals surface area contributed by atoms with Gasteiger partial charge in [0, 0.05) is 35.8 Å². The molecule has 4 heterocycles. The SMILES string of the molecule is COc1cc(N2CCC(N3CCCC3)CC2)ccc1Nc1nc(Nc2ccccc2SC)c2sccc2n1. The molecule has 0 atom stereocenters. The standard InChI is InChI=1S/C29H34N6OS2/c1-36-25-19-21(35-16-11-20(12-17-35)34-14-5-6-15-34)9-10-22(25)31-29-32-24-13-18-38-27(24)28(33-29)30-23-7-3-4-8-26(23)37-2/h3-4,7-10,13,18-20H,5-6,11-12,14-17H2,1-2H3,(H2,30,31,32,33). The van der Waals surface area contributed by atoms with Gasteiger partial charge in [0.25, 0.3) is 0 Å². The van der Waals surface area contributed by atoms with Crippen molar-refractivity contribution in [3.63, 3.8) is 0 Å². The Morgan fingerprint density at radius 2 is 1.76 bits per heavy atom. The number of hydrogen-bond donors (Lipinski definition) is 2. The molecule has 2 aromatic carbocycles. The maximum Gasteiger partial charge on any atom is 0.229 e. The second kappa shape index (κ2) is 11.4. The number of rotatable bonds is 8. The first-order valence-corrected chi connectivity index (χ1v) is 15.4. The van der Waals surface area contributed by atoms with Gasteiger partial charge in [-0.05, 0) is 80.7 Å². The number of fused-ring (bicyclic) bond motifs is 1. The summed E-state index contributed by atoms with van der Waals surface area (Å²) in [6.45, 7) is 4.72. The normalized spacial score (nSPS) is 16.7. The van der Waals surface area contributed by atoms with Crippen LogP contribution in [0.4, 0.5) is 28.8 Å². The minimum Gasteiger partial charge on any atom is -0.494 e.